The van der Waals surface area contributed by atoms with Gasteiger partial charge in [-0.05, 0) is 30.5 Å². The number of nitrogens with zero attached hydrogens (tertiary/aromatic N) is 3. The number of carbonyl (C=O) groups is 1. The molecule has 0 fully saturated rings. The highest BCUT2D eigenvalue weighted by Gasteiger charge is 2.38. The number of urea groups is 1. The van der Waals surface area contributed by atoms with Gasteiger partial charge < -0.3 is 14.7 Å². The first-order valence-electron chi connectivity index (χ1n) is 8.91. The third-order valence-corrected chi connectivity index (χ3v) is 5.78. The quantitative estimate of drug-likeness (QED) is 0.680. The molecule has 6 nitrogen and oxygen atoms in total. The molecule has 0 radical (unpaired) electrons. The molecule has 29 heavy (non-hydrogen) atoms. The minimum atomic E-state index is -4.67. The monoisotopic (exact) mass is 422 g/mol. The largest absolute Gasteiger partial charge is 0.471 e. The lowest BCUT2D eigenvalue weighted by Gasteiger charge is -2.27. The summed E-state index contributed by atoms with van der Waals surface area (Å²) in [5.74, 6) is -1.46. The van der Waals surface area contributed by atoms with E-state index >= 15 is 0 Å². The number of thiophene rings is 1. The highest BCUT2D eigenvalue weighted by Crippen LogP contribution is 2.35. The fourth-order valence-corrected chi connectivity index (χ4v) is 4.19. The summed E-state index contributed by atoms with van der Waals surface area (Å²) in [6.45, 7) is 3.36. The summed E-state index contributed by atoms with van der Waals surface area (Å²) in [5, 5.41) is 6.34. The van der Waals surface area contributed by atoms with E-state index in [-0.39, 0.29) is 11.9 Å². The van der Waals surface area contributed by atoms with E-state index in [1.54, 1.807) is 11.0 Å². The molecule has 3 aromatic rings. The van der Waals surface area contributed by atoms with Gasteiger partial charge in [-0.1, -0.05) is 35.0 Å². The highest BCUT2D eigenvalue weighted by molar-refractivity contribution is 7.15. The van der Waals surface area contributed by atoms with Gasteiger partial charge in [-0.3, -0.25) is 0 Å². The fraction of sp³-hybridized carbons (Fsp3) is 0.316. The Balaban J connectivity index is 1.41. The van der Waals surface area contributed by atoms with Crippen molar-refractivity contribution in [3.05, 3.63) is 57.8 Å². The van der Waals surface area contributed by atoms with Gasteiger partial charge in [0.1, 0.15) is 0 Å². The average Bonchev–Trinajstić information content (AvgIpc) is 3.33. The van der Waals surface area contributed by atoms with E-state index < -0.39 is 12.1 Å². The summed E-state index contributed by atoms with van der Waals surface area (Å²) < 4.78 is 42.3. The van der Waals surface area contributed by atoms with E-state index in [4.69, 9.17) is 0 Å². The van der Waals surface area contributed by atoms with Crippen LogP contribution in [0.15, 0.2) is 34.9 Å². The summed E-state index contributed by atoms with van der Waals surface area (Å²) >= 11 is 1.28. The number of aromatic nitrogens is 2. The summed E-state index contributed by atoms with van der Waals surface area (Å²) in [6, 6.07) is 9.51. The van der Waals surface area contributed by atoms with Crippen LogP contribution in [-0.4, -0.2) is 27.6 Å². The number of benzene rings is 1. The Morgan fingerprint density at radius 2 is 2.07 bits per heavy atom. The molecular weight excluding hydrogens is 405 g/mol. The Bertz CT molecular complexity index is 1030. The van der Waals surface area contributed by atoms with Crippen molar-refractivity contribution >= 4 is 17.4 Å². The van der Waals surface area contributed by atoms with Gasteiger partial charge in [0.2, 0.25) is 5.82 Å². The van der Waals surface area contributed by atoms with Crippen LogP contribution in [0.25, 0.3) is 10.7 Å². The van der Waals surface area contributed by atoms with Crippen LogP contribution in [0.5, 0.6) is 0 Å². The predicted molar refractivity (Wildman–Crippen MR) is 100 cm³/mol. The number of fused-ring (bicyclic) bond motifs is 1. The van der Waals surface area contributed by atoms with Crippen molar-refractivity contribution in [3.63, 3.8) is 0 Å². The molecular formula is C19H17F3N4O2S. The smallest absolute Gasteiger partial charge is 0.334 e. The van der Waals surface area contributed by atoms with Crippen LogP contribution in [0.3, 0.4) is 0 Å². The third-order valence-electron chi connectivity index (χ3n) is 4.62. The number of carbonyl (C=O) groups excluding carboxylic acids is 1. The standard InChI is InChI=1S/C19H17F3N4O2S/c1-11-2-4-12(5-3-11)9-23-18(27)26-7-6-13-8-14(29-15(13)10-26)16-24-17(28-25-16)19(20,21)22/h2-5,8H,6-7,9-10H2,1H3,(H,23,27). The first kappa shape index (κ1) is 19.4. The number of hydrogen-bond donors (Lipinski definition) is 1. The molecule has 1 aromatic carbocycles. The zero-order valence-corrected chi connectivity index (χ0v) is 16.2. The lowest BCUT2D eigenvalue weighted by atomic mass is 10.1. The van der Waals surface area contributed by atoms with Crippen LogP contribution in [0.2, 0.25) is 0 Å². The van der Waals surface area contributed by atoms with Gasteiger partial charge >= 0.3 is 18.1 Å². The van der Waals surface area contributed by atoms with Gasteiger partial charge in [-0.2, -0.15) is 18.2 Å². The average molecular weight is 422 g/mol. The fourth-order valence-electron chi connectivity index (χ4n) is 3.04. The van der Waals surface area contributed by atoms with E-state index in [0.717, 1.165) is 21.6 Å². The Morgan fingerprint density at radius 1 is 1.31 bits per heavy atom. The van der Waals surface area contributed by atoms with Crippen LogP contribution in [-0.2, 0) is 25.7 Å². The van der Waals surface area contributed by atoms with Gasteiger partial charge in [-0.15, -0.1) is 11.3 Å². The zero-order valence-electron chi connectivity index (χ0n) is 15.4. The van der Waals surface area contributed by atoms with Crippen molar-refractivity contribution < 1.29 is 22.5 Å². The Labute approximate surface area is 168 Å². The minimum absolute atomic E-state index is 0.0907. The lowest BCUT2D eigenvalue weighted by molar-refractivity contribution is -0.159. The summed E-state index contributed by atoms with van der Waals surface area (Å²) in [6.07, 6.45) is -4.05. The zero-order chi connectivity index (χ0) is 20.6. The molecule has 0 unspecified atom stereocenters. The van der Waals surface area contributed by atoms with Gasteiger partial charge in [0, 0.05) is 18.0 Å². The van der Waals surface area contributed by atoms with Crippen LogP contribution in [0, 0.1) is 6.92 Å². The Kier molecular flexibility index (Phi) is 5.03. The van der Waals surface area contributed by atoms with Crippen LogP contribution in [0.4, 0.5) is 18.0 Å². The molecule has 2 aromatic heterocycles. The third kappa shape index (κ3) is 4.26. The van der Waals surface area contributed by atoms with E-state index in [1.807, 2.05) is 31.2 Å². The second-order valence-corrected chi connectivity index (χ2v) is 7.93. The van der Waals surface area contributed by atoms with E-state index in [1.165, 1.54) is 11.3 Å². The normalized spacial score (nSPS) is 14.0. The molecule has 0 aliphatic carbocycles. The van der Waals surface area contributed by atoms with E-state index in [9.17, 15) is 18.0 Å². The Hall–Kier alpha value is -2.88. The first-order valence-corrected chi connectivity index (χ1v) is 9.72. The van der Waals surface area contributed by atoms with Gasteiger partial charge in [0.15, 0.2) is 0 Å². The summed E-state index contributed by atoms with van der Waals surface area (Å²) in [5.41, 5.74) is 3.16. The van der Waals surface area contributed by atoms with Crippen molar-refractivity contribution in [1.29, 1.82) is 0 Å². The van der Waals surface area contributed by atoms with Crippen molar-refractivity contribution in [1.82, 2.24) is 20.4 Å². The molecule has 0 saturated carbocycles. The van der Waals surface area contributed by atoms with Crippen LogP contribution < -0.4 is 5.32 Å². The topological polar surface area (TPSA) is 71.3 Å². The molecule has 0 spiro atoms. The predicted octanol–water partition coefficient (Wildman–Crippen LogP) is 4.39. The van der Waals surface area contributed by atoms with Gasteiger partial charge in [0.25, 0.3) is 0 Å². The summed E-state index contributed by atoms with van der Waals surface area (Å²) in [4.78, 5) is 19.0. The molecule has 2 amide bonds. The van der Waals surface area contributed by atoms with Gasteiger partial charge in [-0.25, -0.2) is 4.79 Å². The molecule has 0 atom stereocenters. The second kappa shape index (κ2) is 7.51. The molecule has 0 saturated heterocycles. The van der Waals surface area contributed by atoms with Crippen molar-refractivity contribution in [2.45, 2.75) is 32.6 Å². The van der Waals surface area contributed by atoms with Crippen molar-refractivity contribution in [2.75, 3.05) is 6.54 Å². The second-order valence-electron chi connectivity index (χ2n) is 6.80. The number of rotatable bonds is 3. The van der Waals surface area contributed by atoms with E-state index in [2.05, 4.69) is 20.0 Å². The van der Waals surface area contributed by atoms with Crippen LogP contribution >= 0.6 is 11.3 Å². The number of nitrogens with one attached hydrogen (secondary N) is 1. The summed E-state index contributed by atoms with van der Waals surface area (Å²) in [7, 11) is 0. The molecule has 0 bridgehead atoms. The highest BCUT2D eigenvalue weighted by atomic mass is 32.1. The number of hydrogen-bond acceptors (Lipinski definition) is 5. The number of halogens is 3. The van der Waals surface area contributed by atoms with E-state index in [0.29, 0.717) is 30.9 Å². The molecule has 10 heteroatoms. The van der Waals surface area contributed by atoms with Crippen molar-refractivity contribution in [3.8, 4) is 10.7 Å². The maximum atomic E-state index is 12.7. The number of aryl methyl sites for hydroxylation is 1. The van der Waals surface area contributed by atoms with Crippen molar-refractivity contribution in [2.24, 2.45) is 0 Å². The lowest BCUT2D eigenvalue weighted by Crippen LogP contribution is -2.42. The molecule has 1 N–H and O–H groups in total. The first-order chi connectivity index (χ1) is 13.8. The molecule has 1 aliphatic heterocycles. The molecule has 3 heterocycles. The molecule has 152 valence electrons. The maximum absolute atomic E-state index is 12.7. The number of alkyl halides is 3. The SMILES string of the molecule is Cc1ccc(CNC(=O)N2CCc3cc(-c4noc(C(F)(F)F)n4)sc3C2)cc1. The minimum Gasteiger partial charge on any atom is -0.334 e. The molecule has 4 rings (SSSR count). The maximum Gasteiger partial charge on any atom is 0.471 e. The molecule has 1 aliphatic rings. The van der Waals surface area contributed by atoms with Crippen LogP contribution in [0.1, 0.15) is 27.5 Å². The number of amides is 2. The Morgan fingerprint density at radius 3 is 2.76 bits per heavy atom. The van der Waals surface area contributed by atoms with Gasteiger partial charge in [0.05, 0.1) is 11.4 Å².